The Morgan fingerprint density at radius 2 is 1.78 bits per heavy atom. The molecule has 0 amide bonds. The number of anilines is 1. The molecule has 0 radical (unpaired) electrons. The number of fused-ring (bicyclic) bond motifs is 4. The third-order valence-corrected chi connectivity index (χ3v) is 6.24. The number of Topliss-reactive ketones (excluding diaryl/α,β-unsaturated/α-hetero) is 2. The summed E-state index contributed by atoms with van der Waals surface area (Å²) in [6, 6.07) is 8.42. The van der Waals surface area contributed by atoms with Crippen molar-refractivity contribution < 1.29 is 9.59 Å². The van der Waals surface area contributed by atoms with E-state index < -0.39 is 5.41 Å². The van der Waals surface area contributed by atoms with E-state index >= 15 is 0 Å². The lowest BCUT2D eigenvalue weighted by atomic mass is 9.57. The Morgan fingerprint density at radius 1 is 1.09 bits per heavy atom. The fourth-order valence-corrected chi connectivity index (χ4v) is 5.48. The Kier molecular flexibility index (Phi) is 3.36. The van der Waals surface area contributed by atoms with Gasteiger partial charge < -0.3 is 4.90 Å². The molecule has 0 aromatic heterocycles. The molecular formula is C20H25NO2. The Hall–Kier alpha value is -1.64. The van der Waals surface area contributed by atoms with Gasteiger partial charge in [-0.1, -0.05) is 32.0 Å². The molecule has 4 rings (SSSR count). The summed E-state index contributed by atoms with van der Waals surface area (Å²) in [5.41, 5.74) is 1.63. The van der Waals surface area contributed by atoms with Crippen molar-refractivity contribution in [2.45, 2.75) is 52.0 Å². The number of para-hydroxylation sites is 1. The first-order chi connectivity index (χ1) is 11.0. The molecule has 1 aromatic rings. The number of ketones is 2. The number of carbonyl (C=O) groups is 2. The van der Waals surface area contributed by atoms with Crippen molar-refractivity contribution in [2.24, 2.45) is 17.3 Å². The molecule has 1 aliphatic carbocycles. The summed E-state index contributed by atoms with van der Waals surface area (Å²) in [6.07, 6.45) is 3.59. The minimum Gasteiger partial charge on any atom is -0.366 e. The number of nitrogens with zero attached hydrogens (tertiary/aromatic N) is 1. The van der Waals surface area contributed by atoms with Gasteiger partial charge in [-0.2, -0.15) is 0 Å². The maximum Gasteiger partial charge on any atom is 0.148 e. The van der Waals surface area contributed by atoms with Gasteiger partial charge >= 0.3 is 0 Å². The van der Waals surface area contributed by atoms with Crippen molar-refractivity contribution in [1.29, 1.82) is 0 Å². The number of hydrogen-bond acceptors (Lipinski definition) is 3. The van der Waals surface area contributed by atoms with E-state index in [0.29, 0.717) is 31.1 Å². The summed E-state index contributed by atoms with van der Waals surface area (Å²) in [7, 11) is 0. The maximum absolute atomic E-state index is 13.0. The van der Waals surface area contributed by atoms with Crippen LogP contribution in [0.2, 0.25) is 0 Å². The molecule has 122 valence electrons. The molecule has 1 saturated carbocycles. The summed E-state index contributed by atoms with van der Waals surface area (Å²) in [6.45, 7) is 5.47. The van der Waals surface area contributed by atoms with E-state index in [1.807, 2.05) is 6.07 Å². The van der Waals surface area contributed by atoms with Gasteiger partial charge in [0.15, 0.2) is 0 Å². The number of hydrogen-bond donors (Lipinski definition) is 0. The van der Waals surface area contributed by atoms with Crippen LogP contribution in [0.3, 0.4) is 0 Å². The highest BCUT2D eigenvalue weighted by molar-refractivity contribution is 6.11. The molecule has 3 heteroatoms. The van der Waals surface area contributed by atoms with Crippen molar-refractivity contribution in [1.82, 2.24) is 0 Å². The summed E-state index contributed by atoms with van der Waals surface area (Å²) >= 11 is 0. The van der Waals surface area contributed by atoms with E-state index in [-0.39, 0.29) is 17.6 Å². The quantitative estimate of drug-likeness (QED) is 0.689. The molecule has 0 bridgehead atoms. The second-order valence-corrected chi connectivity index (χ2v) is 7.89. The van der Waals surface area contributed by atoms with Crippen LogP contribution in [-0.2, 0) is 16.0 Å². The molecule has 1 saturated heterocycles. The summed E-state index contributed by atoms with van der Waals surface area (Å²) in [5.74, 6) is 1.36. The van der Waals surface area contributed by atoms with Crippen molar-refractivity contribution in [3.8, 4) is 0 Å². The molecule has 2 aliphatic heterocycles. The Bertz CT molecular complexity index is 649. The second kappa shape index (κ2) is 5.19. The van der Waals surface area contributed by atoms with Crippen LogP contribution < -0.4 is 4.90 Å². The van der Waals surface area contributed by atoms with Crippen molar-refractivity contribution in [3.05, 3.63) is 29.8 Å². The molecule has 1 spiro atoms. The lowest BCUT2D eigenvalue weighted by molar-refractivity contribution is -0.147. The van der Waals surface area contributed by atoms with Gasteiger partial charge in [0.25, 0.3) is 0 Å². The number of piperidine rings is 1. The number of rotatable bonds is 0. The lowest BCUT2D eigenvalue weighted by Gasteiger charge is -2.56. The zero-order valence-corrected chi connectivity index (χ0v) is 14.0. The molecule has 0 unspecified atom stereocenters. The van der Waals surface area contributed by atoms with E-state index in [2.05, 4.69) is 36.9 Å². The minimum absolute atomic E-state index is 0.0499. The maximum atomic E-state index is 13.0. The highest BCUT2D eigenvalue weighted by Gasteiger charge is 2.59. The first-order valence-corrected chi connectivity index (χ1v) is 8.95. The SMILES string of the molecule is C[C@@H]1C[C@H](C)[C@H]2N(C1)c1ccccc1CC21C(=O)CCCC1=O. The van der Waals surface area contributed by atoms with E-state index in [1.54, 1.807) is 0 Å². The van der Waals surface area contributed by atoms with Gasteiger partial charge in [0.05, 0.1) is 6.04 Å². The first kappa shape index (κ1) is 14.9. The molecule has 3 nitrogen and oxygen atoms in total. The third kappa shape index (κ3) is 2.02. The van der Waals surface area contributed by atoms with Crippen molar-refractivity contribution >= 4 is 17.3 Å². The summed E-state index contributed by atoms with van der Waals surface area (Å²) < 4.78 is 0. The average molecular weight is 311 g/mol. The highest BCUT2D eigenvalue weighted by Crippen LogP contribution is 2.51. The van der Waals surface area contributed by atoms with Gasteiger partial charge in [0.2, 0.25) is 0 Å². The predicted octanol–water partition coefficient (Wildman–Crippen LogP) is 3.40. The standard InChI is InChI=1S/C20H25NO2/c1-13-10-14(2)19-20(17(22)8-5-9-18(20)23)11-15-6-3-4-7-16(15)21(19)12-13/h3-4,6-7,13-14,19H,5,8-12H2,1-2H3/t13-,14+,19-/m1/s1. The molecular weight excluding hydrogens is 286 g/mol. The molecule has 3 atom stereocenters. The molecule has 3 aliphatic rings. The van der Waals surface area contributed by atoms with Crippen LogP contribution in [0.4, 0.5) is 5.69 Å². The van der Waals surface area contributed by atoms with Crippen LogP contribution in [0, 0.1) is 17.3 Å². The van der Waals surface area contributed by atoms with Crippen LogP contribution in [-0.4, -0.2) is 24.2 Å². The van der Waals surface area contributed by atoms with Crippen LogP contribution in [0.1, 0.15) is 45.1 Å². The van der Waals surface area contributed by atoms with E-state index in [4.69, 9.17) is 0 Å². The Balaban J connectivity index is 1.91. The van der Waals surface area contributed by atoms with E-state index in [9.17, 15) is 9.59 Å². The average Bonchev–Trinajstić information content (AvgIpc) is 2.52. The monoisotopic (exact) mass is 311 g/mol. The molecule has 2 heterocycles. The predicted molar refractivity (Wildman–Crippen MR) is 90.5 cm³/mol. The van der Waals surface area contributed by atoms with Gasteiger partial charge in [0.1, 0.15) is 17.0 Å². The first-order valence-electron chi connectivity index (χ1n) is 8.95. The number of carbonyl (C=O) groups excluding carboxylic acids is 2. The summed E-state index contributed by atoms with van der Waals surface area (Å²) in [5, 5.41) is 0. The lowest BCUT2D eigenvalue weighted by Crippen LogP contribution is -2.66. The van der Waals surface area contributed by atoms with E-state index in [0.717, 1.165) is 19.4 Å². The topological polar surface area (TPSA) is 37.4 Å². The largest absolute Gasteiger partial charge is 0.366 e. The Morgan fingerprint density at radius 3 is 2.52 bits per heavy atom. The number of benzene rings is 1. The van der Waals surface area contributed by atoms with Gasteiger partial charge in [0, 0.05) is 25.1 Å². The molecule has 23 heavy (non-hydrogen) atoms. The van der Waals surface area contributed by atoms with Crippen LogP contribution in [0.15, 0.2) is 24.3 Å². The molecule has 0 N–H and O–H groups in total. The molecule has 2 fully saturated rings. The van der Waals surface area contributed by atoms with Gasteiger partial charge in [-0.25, -0.2) is 0 Å². The normalized spacial score (nSPS) is 32.6. The second-order valence-electron chi connectivity index (χ2n) is 7.89. The Labute approximate surface area is 138 Å². The minimum atomic E-state index is -0.786. The third-order valence-electron chi connectivity index (χ3n) is 6.24. The van der Waals surface area contributed by atoms with Crippen molar-refractivity contribution in [3.63, 3.8) is 0 Å². The van der Waals surface area contributed by atoms with Gasteiger partial charge in [-0.3, -0.25) is 9.59 Å². The summed E-state index contributed by atoms with van der Waals surface area (Å²) in [4.78, 5) is 28.5. The van der Waals surface area contributed by atoms with Crippen LogP contribution in [0.5, 0.6) is 0 Å². The fourth-order valence-electron chi connectivity index (χ4n) is 5.48. The van der Waals surface area contributed by atoms with Crippen molar-refractivity contribution in [2.75, 3.05) is 11.4 Å². The van der Waals surface area contributed by atoms with Crippen LogP contribution in [0.25, 0.3) is 0 Å². The zero-order chi connectivity index (χ0) is 16.2. The fraction of sp³-hybridized carbons (Fsp3) is 0.600. The van der Waals surface area contributed by atoms with E-state index in [1.165, 1.54) is 11.3 Å². The highest BCUT2D eigenvalue weighted by atomic mass is 16.2. The molecule has 1 aromatic carbocycles. The van der Waals surface area contributed by atoms with Crippen LogP contribution >= 0.6 is 0 Å². The smallest absolute Gasteiger partial charge is 0.148 e. The van der Waals surface area contributed by atoms with Gasteiger partial charge in [-0.05, 0) is 42.7 Å². The zero-order valence-electron chi connectivity index (χ0n) is 14.0. The van der Waals surface area contributed by atoms with Gasteiger partial charge in [-0.15, -0.1) is 0 Å².